The van der Waals surface area contributed by atoms with Gasteiger partial charge in [0.25, 0.3) is 0 Å². The SMILES string of the molecule is CCCCOCCN=C1NC2CCCCC2CS1. The number of thioether (sulfide) groups is 1. The number of unbranched alkanes of at least 4 members (excludes halogenated alkanes) is 1. The Balaban J connectivity index is 1.63. The first-order chi connectivity index (χ1) is 8.90. The quantitative estimate of drug-likeness (QED) is 0.753. The third-order valence-electron chi connectivity index (χ3n) is 3.79. The van der Waals surface area contributed by atoms with Crippen molar-refractivity contribution in [1.29, 1.82) is 0 Å². The summed E-state index contributed by atoms with van der Waals surface area (Å²) in [5.41, 5.74) is 0. The summed E-state index contributed by atoms with van der Waals surface area (Å²) in [6.45, 7) is 4.63. The van der Waals surface area contributed by atoms with Gasteiger partial charge in [0, 0.05) is 18.4 Å². The molecular formula is C14H26N2OS. The van der Waals surface area contributed by atoms with Crippen molar-refractivity contribution in [3.8, 4) is 0 Å². The van der Waals surface area contributed by atoms with Crippen molar-refractivity contribution < 1.29 is 4.74 Å². The second-order valence-corrected chi connectivity index (χ2v) is 6.27. The van der Waals surface area contributed by atoms with Crippen molar-refractivity contribution in [2.45, 2.75) is 51.5 Å². The van der Waals surface area contributed by atoms with Crippen molar-refractivity contribution in [2.75, 3.05) is 25.5 Å². The summed E-state index contributed by atoms with van der Waals surface area (Å²) in [6, 6.07) is 0.694. The summed E-state index contributed by atoms with van der Waals surface area (Å²) in [4.78, 5) is 4.62. The minimum absolute atomic E-state index is 0.694. The topological polar surface area (TPSA) is 33.6 Å². The Labute approximate surface area is 115 Å². The summed E-state index contributed by atoms with van der Waals surface area (Å²) < 4.78 is 5.53. The van der Waals surface area contributed by atoms with Crippen LogP contribution >= 0.6 is 11.8 Å². The van der Waals surface area contributed by atoms with Gasteiger partial charge in [-0.15, -0.1) is 0 Å². The lowest BCUT2D eigenvalue weighted by atomic mass is 9.86. The average molecular weight is 270 g/mol. The molecular weight excluding hydrogens is 244 g/mol. The zero-order chi connectivity index (χ0) is 12.6. The Hall–Kier alpha value is -0.220. The Kier molecular flexibility index (Phi) is 6.35. The lowest BCUT2D eigenvalue weighted by molar-refractivity contribution is 0.139. The Morgan fingerprint density at radius 2 is 2.22 bits per heavy atom. The molecule has 1 heterocycles. The molecule has 1 N–H and O–H groups in total. The van der Waals surface area contributed by atoms with E-state index in [1.165, 1.54) is 37.9 Å². The molecule has 0 bridgehead atoms. The van der Waals surface area contributed by atoms with E-state index < -0.39 is 0 Å². The van der Waals surface area contributed by atoms with Crippen LogP contribution in [0.15, 0.2) is 4.99 Å². The standard InChI is InChI=1S/C14H26N2OS/c1-2-3-9-17-10-8-15-14-16-13-7-5-4-6-12(13)11-18-14/h12-13H,2-11H2,1H3,(H,15,16). The highest BCUT2D eigenvalue weighted by Gasteiger charge is 2.29. The molecule has 1 aliphatic carbocycles. The van der Waals surface area contributed by atoms with E-state index in [-0.39, 0.29) is 0 Å². The monoisotopic (exact) mass is 270 g/mol. The van der Waals surface area contributed by atoms with Crippen LogP contribution in [-0.4, -0.2) is 36.7 Å². The van der Waals surface area contributed by atoms with Crippen LogP contribution in [-0.2, 0) is 4.74 Å². The van der Waals surface area contributed by atoms with Gasteiger partial charge in [-0.05, 0) is 25.2 Å². The molecule has 4 heteroatoms. The number of hydrogen-bond donors (Lipinski definition) is 1. The molecule has 0 amide bonds. The fourth-order valence-electron chi connectivity index (χ4n) is 2.63. The van der Waals surface area contributed by atoms with E-state index in [4.69, 9.17) is 4.74 Å². The number of ether oxygens (including phenoxy) is 1. The fourth-order valence-corrected chi connectivity index (χ4v) is 3.82. The maximum Gasteiger partial charge on any atom is 0.156 e. The summed E-state index contributed by atoms with van der Waals surface area (Å²) in [7, 11) is 0. The average Bonchev–Trinajstić information content (AvgIpc) is 2.42. The molecule has 0 aromatic carbocycles. The first kappa shape index (κ1) is 14.2. The molecule has 1 saturated carbocycles. The van der Waals surface area contributed by atoms with Crippen LogP contribution in [0.5, 0.6) is 0 Å². The zero-order valence-corrected chi connectivity index (χ0v) is 12.3. The molecule has 18 heavy (non-hydrogen) atoms. The fraction of sp³-hybridized carbons (Fsp3) is 0.929. The molecule has 2 atom stereocenters. The van der Waals surface area contributed by atoms with Gasteiger partial charge in [0.2, 0.25) is 0 Å². The van der Waals surface area contributed by atoms with Gasteiger partial charge in [-0.3, -0.25) is 4.99 Å². The molecule has 0 aromatic rings. The second kappa shape index (κ2) is 8.05. The van der Waals surface area contributed by atoms with E-state index in [0.717, 1.165) is 37.3 Å². The maximum atomic E-state index is 5.53. The number of nitrogens with zero attached hydrogens (tertiary/aromatic N) is 1. The van der Waals surface area contributed by atoms with Gasteiger partial charge in [0.15, 0.2) is 5.17 Å². The highest BCUT2D eigenvalue weighted by molar-refractivity contribution is 8.13. The van der Waals surface area contributed by atoms with Gasteiger partial charge in [-0.25, -0.2) is 0 Å². The number of fused-ring (bicyclic) bond motifs is 1. The molecule has 1 saturated heterocycles. The number of nitrogens with one attached hydrogen (secondary N) is 1. The van der Waals surface area contributed by atoms with Crippen LogP contribution in [0.25, 0.3) is 0 Å². The number of aliphatic imine (C=N–C) groups is 1. The van der Waals surface area contributed by atoms with Crippen LogP contribution in [0.4, 0.5) is 0 Å². The second-order valence-electron chi connectivity index (χ2n) is 5.26. The van der Waals surface area contributed by atoms with E-state index in [1.54, 1.807) is 0 Å². The molecule has 0 aromatic heterocycles. The van der Waals surface area contributed by atoms with Crippen molar-refractivity contribution in [1.82, 2.24) is 5.32 Å². The third kappa shape index (κ3) is 4.47. The minimum atomic E-state index is 0.694. The van der Waals surface area contributed by atoms with Crippen LogP contribution < -0.4 is 5.32 Å². The number of rotatable bonds is 6. The first-order valence-corrected chi connectivity index (χ1v) is 8.40. The predicted molar refractivity (Wildman–Crippen MR) is 79.4 cm³/mol. The highest BCUT2D eigenvalue weighted by Crippen LogP contribution is 2.31. The van der Waals surface area contributed by atoms with Crippen molar-refractivity contribution in [3.05, 3.63) is 0 Å². The normalized spacial score (nSPS) is 29.9. The molecule has 3 nitrogen and oxygen atoms in total. The van der Waals surface area contributed by atoms with Gasteiger partial charge in [0.1, 0.15) is 0 Å². The highest BCUT2D eigenvalue weighted by atomic mass is 32.2. The van der Waals surface area contributed by atoms with Crippen molar-refractivity contribution in [2.24, 2.45) is 10.9 Å². The van der Waals surface area contributed by atoms with Crippen LogP contribution in [0, 0.1) is 5.92 Å². The molecule has 2 rings (SSSR count). The molecule has 104 valence electrons. The van der Waals surface area contributed by atoms with Gasteiger partial charge in [-0.2, -0.15) is 0 Å². The first-order valence-electron chi connectivity index (χ1n) is 7.41. The van der Waals surface area contributed by atoms with E-state index in [0.29, 0.717) is 6.04 Å². The summed E-state index contributed by atoms with van der Waals surface area (Å²) in [6.07, 6.45) is 7.89. The molecule has 1 aliphatic heterocycles. The zero-order valence-electron chi connectivity index (χ0n) is 11.5. The van der Waals surface area contributed by atoms with Gasteiger partial charge in [-0.1, -0.05) is 37.9 Å². The summed E-state index contributed by atoms with van der Waals surface area (Å²) in [5.74, 6) is 2.14. The van der Waals surface area contributed by atoms with Crippen LogP contribution in [0.1, 0.15) is 45.4 Å². The lowest BCUT2D eigenvalue weighted by Crippen LogP contribution is -2.46. The van der Waals surface area contributed by atoms with E-state index >= 15 is 0 Å². The maximum absolute atomic E-state index is 5.53. The smallest absolute Gasteiger partial charge is 0.156 e. The van der Waals surface area contributed by atoms with Gasteiger partial charge < -0.3 is 10.1 Å². The summed E-state index contributed by atoms with van der Waals surface area (Å²) >= 11 is 1.90. The van der Waals surface area contributed by atoms with Gasteiger partial charge in [0.05, 0.1) is 13.2 Å². The minimum Gasteiger partial charge on any atom is -0.380 e. The summed E-state index contributed by atoms with van der Waals surface area (Å²) in [5, 5.41) is 4.77. The number of amidine groups is 1. The Bertz CT molecular complexity index is 271. The molecule has 2 fully saturated rings. The van der Waals surface area contributed by atoms with E-state index in [1.807, 2.05) is 11.8 Å². The molecule has 2 aliphatic rings. The van der Waals surface area contributed by atoms with Gasteiger partial charge >= 0.3 is 0 Å². The van der Waals surface area contributed by atoms with Crippen LogP contribution in [0.3, 0.4) is 0 Å². The van der Waals surface area contributed by atoms with E-state index in [9.17, 15) is 0 Å². The molecule has 0 radical (unpaired) electrons. The van der Waals surface area contributed by atoms with E-state index in [2.05, 4.69) is 17.2 Å². The van der Waals surface area contributed by atoms with Crippen molar-refractivity contribution in [3.63, 3.8) is 0 Å². The molecule has 2 unspecified atom stereocenters. The largest absolute Gasteiger partial charge is 0.380 e. The number of hydrogen-bond acceptors (Lipinski definition) is 3. The Morgan fingerprint density at radius 1 is 1.33 bits per heavy atom. The molecule has 0 spiro atoms. The Morgan fingerprint density at radius 3 is 3.11 bits per heavy atom. The predicted octanol–water partition coefficient (Wildman–Crippen LogP) is 3.05. The lowest BCUT2D eigenvalue weighted by Gasteiger charge is -2.36. The van der Waals surface area contributed by atoms with Crippen LogP contribution in [0.2, 0.25) is 0 Å². The van der Waals surface area contributed by atoms with Crippen molar-refractivity contribution >= 4 is 16.9 Å². The third-order valence-corrected chi connectivity index (χ3v) is 4.90.